The van der Waals surface area contributed by atoms with Gasteiger partial charge >= 0.3 is 0 Å². The van der Waals surface area contributed by atoms with Crippen LogP contribution in [0.2, 0.25) is 0 Å². The zero-order valence-corrected chi connectivity index (χ0v) is 10.6. The van der Waals surface area contributed by atoms with Crippen LogP contribution in [0.3, 0.4) is 0 Å². The van der Waals surface area contributed by atoms with E-state index in [1.807, 2.05) is 0 Å². The molecule has 84 valence electrons. The van der Waals surface area contributed by atoms with E-state index < -0.39 is 0 Å². The fourth-order valence-electron chi connectivity index (χ4n) is 2.41. The second-order valence-corrected chi connectivity index (χ2v) is 5.28. The molecular weight excluding hydrogens is 204 g/mol. The number of rotatable bonds is 4. The van der Waals surface area contributed by atoms with Crippen molar-refractivity contribution >= 4 is 12.2 Å². The second-order valence-electron chi connectivity index (χ2n) is 4.90. The number of aromatic amines is 1. The number of H-pyrrole nitrogens is 1. The zero-order chi connectivity index (χ0) is 11.0. The van der Waals surface area contributed by atoms with Gasteiger partial charge in [-0.2, -0.15) is 0 Å². The summed E-state index contributed by atoms with van der Waals surface area (Å²) in [6, 6.07) is 0.682. The molecule has 3 heteroatoms. The van der Waals surface area contributed by atoms with Gasteiger partial charge in [-0.15, -0.1) is 0 Å². The summed E-state index contributed by atoms with van der Waals surface area (Å²) in [4.78, 5) is 3.18. The number of nitrogens with one attached hydrogen (secondary N) is 1. The molecule has 1 saturated carbocycles. The van der Waals surface area contributed by atoms with Gasteiger partial charge in [0.15, 0.2) is 4.77 Å². The minimum atomic E-state index is 0.556. The zero-order valence-electron chi connectivity index (χ0n) is 9.79. The Morgan fingerprint density at radius 3 is 2.93 bits per heavy atom. The van der Waals surface area contributed by atoms with Crippen LogP contribution >= 0.6 is 12.2 Å². The lowest BCUT2D eigenvalue weighted by Gasteiger charge is -2.10. The lowest BCUT2D eigenvalue weighted by molar-refractivity contribution is 0.574. The first-order chi connectivity index (χ1) is 7.15. The van der Waals surface area contributed by atoms with Crippen molar-refractivity contribution in [2.75, 3.05) is 0 Å². The molecule has 1 fully saturated rings. The Balaban J connectivity index is 2.22. The van der Waals surface area contributed by atoms with Crippen molar-refractivity contribution < 1.29 is 0 Å². The molecule has 0 bridgehead atoms. The van der Waals surface area contributed by atoms with Crippen molar-refractivity contribution in [3.05, 3.63) is 16.7 Å². The van der Waals surface area contributed by atoms with Crippen molar-refractivity contribution in [2.45, 2.75) is 52.0 Å². The lowest BCUT2D eigenvalue weighted by Crippen LogP contribution is -2.03. The van der Waals surface area contributed by atoms with Crippen LogP contribution < -0.4 is 0 Å². The fourth-order valence-corrected chi connectivity index (χ4v) is 2.71. The maximum Gasteiger partial charge on any atom is 0.177 e. The topological polar surface area (TPSA) is 20.7 Å². The predicted octanol–water partition coefficient (Wildman–Crippen LogP) is 4.03. The van der Waals surface area contributed by atoms with Crippen LogP contribution in [0.1, 0.15) is 57.7 Å². The molecule has 2 nitrogen and oxygen atoms in total. The smallest absolute Gasteiger partial charge is 0.177 e. The van der Waals surface area contributed by atoms with Gasteiger partial charge in [-0.3, -0.25) is 0 Å². The number of hydrogen-bond donors (Lipinski definition) is 1. The quantitative estimate of drug-likeness (QED) is 0.766. The van der Waals surface area contributed by atoms with Crippen LogP contribution in [-0.2, 0) is 0 Å². The Bertz CT molecular complexity index is 389. The summed E-state index contributed by atoms with van der Waals surface area (Å²) < 4.78 is 3.25. The molecule has 1 aromatic rings. The SMILES string of the molecule is CCCC1CC1n1c(C(C)C)c[nH]c1=S. The van der Waals surface area contributed by atoms with Gasteiger partial charge in [-0.25, -0.2) is 0 Å². The van der Waals surface area contributed by atoms with Gasteiger partial charge in [0, 0.05) is 17.9 Å². The third-order valence-electron chi connectivity index (χ3n) is 3.31. The van der Waals surface area contributed by atoms with Crippen molar-refractivity contribution in [2.24, 2.45) is 5.92 Å². The van der Waals surface area contributed by atoms with E-state index in [2.05, 4.69) is 36.5 Å². The first-order valence-electron chi connectivity index (χ1n) is 5.95. The maximum atomic E-state index is 5.35. The van der Waals surface area contributed by atoms with Crippen LogP contribution in [0.5, 0.6) is 0 Å². The summed E-state index contributed by atoms with van der Waals surface area (Å²) in [5.74, 6) is 1.43. The highest BCUT2D eigenvalue weighted by Gasteiger charge is 2.39. The normalized spacial score (nSPS) is 24.8. The summed E-state index contributed by atoms with van der Waals surface area (Å²) >= 11 is 5.35. The fraction of sp³-hybridized carbons (Fsp3) is 0.750. The van der Waals surface area contributed by atoms with E-state index in [4.69, 9.17) is 12.2 Å². The monoisotopic (exact) mass is 224 g/mol. The molecule has 1 heterocycles. The maximum absolute atomic E-state index is 5.35. The van der Waals surface area contributed by atoms with Crippen LogP contribution in [0, 0.1) is 10.7 Å². The van der Waals surface area contributed by atoms with E-state index in [9.17, 15) is 0 Å². The molecule has 0 amide bonds. The summed E-state index contributed by atoms with van der Waals surface area (Å²) in [6.07, 6.45) is 6.03. The molecule has 0 saturated heterocycles. The Morgan fingerprint density at radius 2 is 2.33 bits per heavy atom. The van der Waals surface area contributed by atoms with E-state index in [0.717, 1.165) is 10.7 Å². The summed E-state index contributed by atoms with van der Waals surface area (Å²) in [5.41, 5.74) is 1.36. The highest BCUT2D eigenvalue weighted by atomic mass is 32.1. The minimum absolute atomic E-state index is 0.556. The van der Waals surface area contributed by atoms with Gasteiger partial charge in [-0.1, -0.05) is 27.2 Å². The van der Waals surface area contributed by atoms with E-state index in [1.54, 1.807) is 0 Å². The third-order valence-corrected chi connectivity index (χ3v) is 3.62. The van der Waals surface area contributed by atoms with Gasteiger partial charge < -0.3 is 9.55 Å². The second kappa shape index (κ2) is 4.12. The molecule has 2 atom stereocenters. The van der Waals surface area contributed by atoms with Crippen LogP contribution in [0.15, 0.2) is 6.20 Å². The first kappa shape index (κ1) is 10.9. The molecule has 0 radical (unpaired) electrons. The summed E-state index contributed by atoms with van der Waals surface area (Å²) in [7, 11) is 0. The van der Waals surface area contributed by atoms with Gasteiger partial charge in [0.1, 0.15) is 0 Å². The largest absolute Gasteiger partial charge is 0.337 e. The van der Waals surface area contributed by atoms with Crippen LogP contribution in [0.25, 0.3) is 0 Å². The van der Waals surface area contributed by atoms with Gasteiger partial charge in [0.2, 0.25) is 0 Å². The van der Waals surface area contributed by atoms with Crippen LogP contribution in [-0.4, -0.2) is 9.55 Å². The van der Waals surface area contributed by atoms with E-state index in [0.29, 0.717) is 12.0 Å². The summed E-state index contributed by atoms with van der Waals surface area (Å²) in [6.45, 7) is 6.71. The molecular formula is C12H20N2S. The standard InChI is InChI=1S/C12H20N2S/c1-4-5-9-6-10(9)14-11(8(2)3)7-13-12(14)15/h7-10H,4-6H2,1-3H3,(H,13,15). The Morgan fingerprint density at radius 1 is 1.60 bits per heavy atom. The average Bonchev–Trinajstić information content (AvgIpc) is 2.80. The molecule has 1 aliphatic carbocycles. The van der Waals surface area contributed by atoms with Crippen molar-refractivity contribution in [3.63, 3.8) is 0 Å². The minimum Gasteiger partial charge on any atom is -0.337 e. The van der Waals surface area contributed by atoms with Gasteiger partial charge in [-0.05, 0) is 36.9 Å². The predicted molar refractivity (Wildman–Crippen MR) is 65.8 cm³/mol. The molecule has 2 unspecified atom stereocenters. The van der Waals surface area contributed by atoms with E-state index in [-0.39, 0.29) is 0 Å². The van der Waals surface area contributed by atoms with Crippen molar-refractivity contribution in [1.82, 2.24) is 9.55 Å². The molecule has 0 spiro atoms. The van der Waals surface area contributed by atoms with E-state index >= 15 is 0 Å². The number of imidazole rings is 1. The Labute approximate surface area is 96.7 Å². The van der Waals surface area contributed by atoms with Crippen molar-refractivity contribution in [3.8, 4) is 0 Å². The average molecular weight is 224 g/mol. The first-order valence-corrected chi connectivity index (χ1v) is 6.35. The third kappa shape index (κ3) is 2.03. The summed E-state index contributed by atoms with van der Waals surface area (Å²) in [5, 5.41) is 0. The molecule has 15 heavy (non-hydrogen) atoms. The molecule has 0 aromatic carbocycles. The number of nitrogens with zero attached hydrogens (tertiary/aromatic N) is 1. The Hall–Kier alpha value is -0.570. The number of hydrogen-bond acceptors (Lipinski definition) is 1. The molecule has 1 aliphatic rings. The van der Waals surface area contributed by atoms with Gasteiger partial charge in [0.05, 0.1) is 0 Å². The highest BCUT2D eigenvalue weighted by Crippen LogP contribution is 2.47. The van der Waals surface area contributed by atoms with Crippen molar-refractivity contribution in [1.29, 1.82) is 0 Å². The Kier molecular flexibility index (Phi) is 3.01. The molecule has 1 N–H and O–H groups in total. The van der Waals surface area contributed by atoms with Gasteiger partial charge in [0.25, 0.3) is 0 Å². The van der Waals surface area contributed by atoms with E-state index in [1.165, 1.54) is 25.0 Å². The molecule has 2 rings (SSSR count). The number of aromatic nitrogens is 2. The lowest BCUT2D eigenvalue weighted by atomic mass is 10.1. The highest BCUT2D eigenvalue weighted by molar-refractivity contribution is 7.71. The van der Waals surface area contributed by atoms with Crippen LogP contribution in [0.4, 0.5) is 0 Å². The molecule has 1 aromatic heterocycles. The molecule has 0 aliphatic heterocycles.